The van der Waals surface area contributed by atoms with Crippen LogP contribution in [0.5, 0.6) is 0 Å². The molecule has 0 aromatic carbocycles. The van der Waals surface area contributed by atoms with E-state index in [1.165, 1.54) is 6.92 Å². The lowest BCUT2D eigenvalue weighted by Gasteiger charge is -2.29. The normalized spacial score (nSPS) is 18.7. The van der Waals surface area contributed by atoms with Crippen molar-refractivity contribution in [3.05, 3.63) is 0 Å². The number of nitrogens with one attached hydrogen (secondary N) is 3. The van der Waals surface area contributed by atoms with E-state index in [9.17, 15) is 14.4 Å². The van der Waals surface area contributed by atoms with Crippen LogP contribution in [0.3, 0.4) is 0 Å². The molecule has 1 aliphatic heterocycles. The summed E-state index contributed by atoms with van der Waals surface area (Å²) in [6.45, 7) is 7.77. The molecule has 0 aliphatic carbocycles. The molecular formula is C16H29IN4O3. The molecule has 2 unspecified atom stereocenters. The number of carbonyl (C=O) groups excluding carboxylic acids is 3. The zero-order valence-corrected chi connectivity index (χ0v) is 16.9. The second kappa shape index (κ2) is 11.0. The Morgan fingerprint density at radius 1 is 1.25 bits per heavy atom. The van der Waals surface area contributed by atoms with Gasteiger partial charge in [-0.05, 0) is 25.2 Å². The van der Waals surface area contributed by atoms with Gasteiger partial charge in [-0.25, -0.2) is 0 Å². The standard InChI is InChI=1S/C16H29IN4O3/c1-11(2)9-13(20-12(3)22)16(24)21-8-4-5-14(21)15(23)10-18-6-7-19-17/h11,13-14,18-19H,4-10H2,1-3H3,(H,20,22). The van der Waals surface area contributed by atoms with Crippen LogP contribution in [-0.4, -0.2) is 60.8 Å². The number of amides is 2. The van der Waals surface area contributed by atoms with Gasteiger partial charge < -0.3 is 15.5 Å². The Morgan fingerprint density at radius 2 is 1.96 bits per heavy atom. The molecule has 3 N–H and O–H groups in total. The van der Waals surface area contributed by atoms with E-state index in [1.54, 1.807) is 4.90 Å². The molecule has 1 saturated heterocycles. The highest BCUT2D eigenvalue weighted by atomic mass is 127. The van der Waals surface area contributed by atoms with E-state index in [0.29, 0.717) is 25.9 Å². The minimum atomic E-state index is -0.549. The number of nitrogens with zero attached hydrogens (tertiary/aromatic N) is 1. The summed E-state index contributed by atoms with van der Waals surface area (Å²) in [5, 5.41) is 5.83. The summed E-state index contributed by atoms with van der Waals surface area (Å²) in [6.07, 6.45) is 2.10. The van der Waals surface area contributed by atoms with Crippen LogP contribution in [0.1, 0.15) is 40.0 Å². The maximum atomic E-state index is 12.8. The van der Waals surface area contributed by atoms with Crippen LogP contribution in [0.25, 0.3) is 0 Å². The van der Waals surface area contributed by atoms with Crippen molar-refractivity contribution in [2.45, 2.75) is 52.1 Å². The first-order valence-electron chi connectivity index (χ1n) is 8.51. The fourth-order valence-electron chi connectivity index (χ4n) is 2.97. The van der Waals surface area contributed by atoms with Crippen LogP contribution >= 0.6 is 22.9 Å². The summed E-state index contributed by atoms with van der Waals surface area (Å²) < 4.78 is 2.98. The molecule has 0 aromatic heterocycles. The van der Waals surface area contributed by atoms with Gasteiger partial charge in [-0.2, -0.15) is 0 Å². The van der Waals surface area contributed by atoms with Crippen LogP contribution in [0.2, 0.25) is 0 Å². The average Bonchev–Trinajstić information content (AvgIpc) is 2.98. The third kappa shape index (κ3) is 7.02. The van der Waals surface area contributed by atoms with E-state index in [4.69, 9.17) is 0 Å². The predicted octanol–water partition coefficient (Wildman–Crippen LogP) is 0.627. The minimum absolute atomic E-state index is 0.0421. The maximum Gasteiger partial charge on any atom is 0.245 e. The van der Waals surface area contributed by atoms with Gasteiger partial charge in [-0.3, -0.25) is 17.9 Å². The molecule has 0 aromatic rings. The molecule has 2 atom stereocenters. The molecule has 0 bridgehead atoms. The van der Waals surface area contributed by atoms with Crippen molar-refractivity contribution >= 4 is 40.5 Å². The Balaban J connectivity index is 2.68. The van der Waals surface area contributed by atoms with Gasteiger partial charge in [0.05, 0.1) is 12.6 Å². The number of Topliss-reactive ketones (excluding diaryl/α,β-unsaturated/α-hetero) is 1. The van der Waals surface area contributed by atoms with Crippen molar-refractivity contribution in [2.75, 3.05) is 26.2 Å². The summed E-state index contributed by atoms with van der Waals surface area (Å²) in [7, 11) is 0. The van der Waals surface area contributed by atoms with Gasteiger partial charge in [-0.1, -0.05) is 13.8 Å². The van der Waals surface area contributed by atoms with E-state index in [-0.39, 0.29) is 36.1 Å². The van der Waals surface area contributed by atoms with Crippen molar-refractivity contribution in [1.29, 1.82) is 0 Å². The van der Waals surface area contributed by atoms with Crippen LogP contribution < -0.4 is 14.2 Å². The Hall–Kier alpha value is -0.740. The molecule has 1 aliphatic rings. The molecule has 1 heterocycles. The molecule has 1 fully saturated rings. The van der Waals surface area contributed by atoms with Crippen molar-refractivity contribution in [3.63, 3.8) is 0 Å². The number of likely N-dealkylation sites (tertiary alicyclic amines) is 1. The molecule has 0 radical (unpaired) electrons. The Morgan fingerprint density at radius 3 is 2.54 bits per heavy atom. The molecule has 24 heavy (non-hydrogen) atoms. The Kier molecular flexibility index (Phi) is 9.75. The largest absolute Gasteiger partial charge is 0.345 e. The van der Waals surface area contributed by atoms with Gasteiger partial charge in [0.25, 0.3) is 0 Å². The summed E-state index contributed by atoms with van der Waals surface area (Å²) in [5.41, 5.74) is 0. The van der Waals surface area contributed by atoms with Crippen LogP contribution in [0, 0.1) is 5.92 Å². The van der Waals surface area contributed by atoms with Crippen molar-refractivity contribution in [3.8, 4) is 0 Å². The Bertz CT molecular complexity index is 445. The molecule has 1 rings (SSSR count). The van der Waals surface area contributed by atoms with Gasteiger partial charge >= 0.3 is 0 Å². The number of carbonyl (C=O) groups is 3. The average molecular weight is 452 g/mol. The summed E-state index contributed by atoms with van der Waals surface area (Å²) >= 11 is 2.06. The van der Waals surface area contributed by atoms with E-state index in [0.717, 1.165) is 13.0 Å². The first-order valence-corrected chi connectivity index (χ1v) is 9.59. The van der Waals surface area contributed by atoms with Gasteiger partial charge in [0.2, 0.25) is 11.8 Å². The third-order valence-electron chi connectivity index (χ3n) is 3.99. The quantitative estimate of drug-likeness (QED) is 0.257. The van der Waals surface area contributed by atoms with Crippen molar-refractivity contribution < 1.29 is 14.4 Å². The van der Waals surface area contributed by atoms with Gasteiger partial charge in [0.15, 0.2) is 5.78 Å². The van der Waals surface area contributed by atoms with E-state index < -0.39 is 6.04 Å². The summed E-state index contributed by atoms with van der Waals surface area (Å²) in [4.78, 5) is 38.3. The van der Waals surface area contributed by atoms with Crippen LogP contribution in [-0.2, 0) is 14.4 Å². The van der Waals surface area contributed by atoms with E-state index in [1.807, 2.05) is 13.8 Å². The lowest BCUT2D eigenvalue weighted by Crippen LogP contribution is -2.52. The molecule has 8 heteroatoms. The second-order valence-corrected chi connectivity index (χ2v) is 7.36. The summed E-state index contributed by atoms with van der Waals surface area (Å²) in [5.74, 6) is -0.0295. The monoisotopic (exact) mass is 452 g/mol. The first-order chi connectivity index (χ1) is 11.4. The van der Waals surface area contributed by atoms with E-state index >= 15 is 0 Å². The highest BCUT2D eigenvalue weighted by Gasteiger charge is 2.37. The molecule has 0 saturated carbocycles. The Labute approximate surface area is 158 Å². The SMILES string of the molecule is CC(=O)NC(CC(C)C)C(=O)N1CCCC1C(=O)CNCCNI. The topological polar surface area (TPSA) is 90.5 Å². The molecule has 7 nitrogen and oxygen atoms in total. The number of hydrogen-bond acceptors (Lipinski definition) is 5. The van der Waals surface area contributed by atoms with Gasteiger partial charge in [-0.15, -0.1) is 0 Å². The maximum absolute atomic E-state index is 12.8. The van der Waals surface area contributed by atoms with Crippen molar-refractivity contribution in [2.24, 2.45) is 5.92 Å². The molecule has 2 amide bonds. The highest BCUT2D eigenvalue weighted by molar-refractivity contribution is 14.1. The number of ketones is 1. The zero-order valence-electron chi connectivity index (χ0n) is 14.7. The van der Waals surface area contributed by atoms with Crippen LogP contribution in [0.15, 0.2) is 0 Å². The fourth-order valence-corrected chi connectivity index (χ4v) is 3.24. The number of halogens is 1. The fraction of sp³-hybridized carbons (Fsp3) is 0.812. The number of hydrogen-bond donors (Lipinski definition) is 3. The zero-order chi connectivity index (χ0) is 18.1. The molecular weight excluding hydrogens is 423 g/mol. The van der Waals surface area contributed by atoms with Crippen LogP contribution in [0.4, 0.5) is 0 Å². The second-order valence-electron chi connectivity index (χ2n) is 6.60. The van der Waals surface area contributed by atoms with Crippen molar-refractivity contribution in [1.82, 2.24) is 19.1 Å². The lowest BCUT2D eigenvalue weighted by atomic mass is 10.0. The number of rotatable bonds is 10. The smallest absolute Gasteiger partial charge is 0.245 e. The highest BCUT2D eigenvalue weighted by Crippen LogP contribution is 2.20. The minimum Gasteiger partial charge on any atom is -0.345 e. The van der Waals surface area contributed by atoms with Gasteiger partial charge in [0, 0.05) is 49.4 Å². The molecule has 138 valence electrons. The van der Waals surface area contributed by atoms with E-state index in [2.05, 4.69) is 37.0 Å². The lowest BCUT2D eigenvalue weighted by molar-refractivity contribution is -0.140. The first kappa shape index (κ1) is 21.3. The van der Waals surface area contributed by atoms with Gasteiger partial charge in [0.1, 0.15) is 6.04 Å². The summed E-state index contributed by atoms with van der Waals surface area (Å²) in [6, 6.07) is -0.923. The predicted molar refractivity (Wildman–Crippen MR) is 102 cm³/mol. The molecule has 0 spiro atoms. The third-order valence-corrected chi connectivity index (χ3v) is 4.53.